The van der Waals surface area contributed by atoms with Gasteiger partial charge in [-0.25, -0.2) is 4.79 Å². The lowest BCUT2D eigenvalue weighted by Crippen LogP contribution is -2.53. The van der Waals surface area contributed by atoms with Crippen molar-refractivity contribution in [3.05, 3.63) is 0 Å². The first-order valence-electron chi connectivity index (χ1n) is 5.16. The monoisotopic (exact) mass is 239 g/mol. The van der Waals surface area contributed by atoms with Crippen molar-refractivity contribution < 1.29 is 22.7 Å². The van der Waals surface area contributed by atoms with Crippen molar-refractivity contribution in [2.24, 2.45) is 5.92 Å². The van der Waals surface area contributed by atoms with Crippen molar-refractivity contribution in [1.82, 2.24) is 5.32 Å². The van der Waals surface area contributed by atoms with Gasteiger partial charge in [0.2, 0.25) is 0 Å². The summed E-state index contributed by atoms with van der Waals surface area (Å²) in [7, 11) is 0. The van der Waals surface area contributed by atoms with E-state index in [1.807, 2.05) is 0 Å². The summed E-state index contributed by atoms with van der Waals surface area (Å²) < 4.78 is 41.9. The van der Waals surface area contributed by atoms with Crippen molar-refractivity contribution >= 4 is 6.09 Å². The maximum Gasteiger partial charge on any atom is 0.407 e. The predicted octanol–water partition coefficient (Wildman–Crippen LogP) is 2.85. The third-order valence-electron chi connectivity index (χ3n) is 2.40. The Labute approximate surface area is 92.3 Å². The number of carbonyl (C=O) groups is 1. The van der Waals surface area contributed by atoms with Crippen molar-refractivity contribution in [3.63, 3.8) is 0 Å². The van der Waals surface area contributed by atoms with Gasteiger partial charge in [-0.3, -0.25) is 0 Å². The van der Waals surface area contributed by atoms with Crippen LogP contribution in [0.4, 0.5) is 18.0 Å². The highest BCUT2D eigenvalue weighted by molar-refractivity contribution is 5.68. The highest BCUT2D eigenvalue weighted by Crippen LogP contribution is 2.41. The van der Waals surface area contributed by atoms with Crippen LogP contribution in [0.15, 0.2) is 0 Å². The van der Waals surface area contributed by atoms with Gasteiger partial charge in [0.05, 0.1) is 5.92 Å². The fourth-order valence-electron chi connectivity index (χ4n) is 1.52. The Morgan fingerprint density at radius 2 is 1.81 bits per heavy atom. The van der Waals surface area contributed by atoms with Crippen LogP contribution >= 0.6 is 0 Å². The fourth-order valence-corrected chi connectivity index (χ4v) is 1.52. The second kappa shape index (κ2) is 4.14. The Bertz CT molecular complexity index is 270. The number of halogens is 3. The second-order valence-electron chi connectivity index (χ2n) is 4.98. The van der Waals surface area contributed by atoms with Crippen LogP contribution in [-0.2, 0) is 4.74 Å². The fraction of sp³-hybridized carbons (Fsp3) is 0.900. The molecule has 1 fully saturated rings. The maximum atomic E-state index is 12.3. The third-order valence-corrected chi connectivity index (χ3v) is 2.40. The molecular formula is C10H16F3NO2. The number of alkyl carbamates (subject to hydrolysis) is 1. The molecule has 1 rings (SSSR count). The molecule has 0 aromatic carbocycles. The molecule has 0 spiro atoms. The van der Waals surface area contributed by atoms with Gasteiger partial charge in [0.15, 0.2) is 0 Å². The molecule has 0 saturated heterocycles. The minimum atomic E-state index is -4.24. The second-order valence-corrected chi connectivity index (χ2v) is 4.98. The number of amides is 1. The topological polar surface area (TPSA) is 38.3 Å². The van der Waals surface area contributed by atoms with Crippen LogP contribution < -0.4 is 5.32 Å². The molecule has 0 bridgehead atoms. The Morgan fingerprint density at radius 3 is 2.12 bits per heavy atom. The minimum absolute atomic E-state index is 0.0734. The standard InChI is InChI=1S/C10H16F3NO2/c1-9(2,3)16-8(15)14-7-5-4-6(7)10(11,12)13/h6-7H,4-5H2,1-3H3,(H,14,15)/t6-,7-/m1/s1. The largest absolute Gasteiger partial charge is 0.444 e. The van der Waals surface area contributed by atoms with E-state index in [0.29, 0.717) is 6.42 Å². The van der Waals surface area contributed by atoms with Crippen LogP contribution in [0.25, 0.3) is 0 Å². The summed E-state index contributed by atoms with van der Waals surface area (Å²) in [5, 5.41) is 2.25. The first-order chi connectivity index (χ1) is 7.09. The van der Waals surface area contributed by atoms with Crippen molar-refractivity contribution in [2.75, 3.05) is 0 Å². The van der Waals surface area contributed by atoms with E-state index in [1.54, 1.807) is 20.8 Å². The summed E-state index contributed by atoms with van der Waals surface area (Å²) in [5.41, 5.74) is -0.693. The lowest BCUT2D eigenvalue weighted by atomic mass is 9.79. The zero-order valence-corrected chi connectivity index (χ0v) is 9.52. The molecule has 3 nitrogen and oxygen atoms in total. The Balaban J connectivity index is 2.42. The number of carbonyl (C=O) groups excluding carboxylic acids is 1. The molecule has 1 N–H and O–H groups in total. The van der Waals surface area contributed by atoms with Crippen molar-refractivity contribution in [1.29, 1.82) is 0 Å². The molecule has 2 atom stereocenters. The Morgan fingerprint density at radius 1 is 1.25 bits per heavy atom. The summed E-state index contributed by atoms with van der Waals surface area (Å²) >= 11 is 0. The summed E-state index contributed by atoms with van der Waals surface area (Å²) in [6, 6.07) is -0.838. The average molecular weight is 239 g/mol. The SMILES string of the molecule is CC(C)(C)OC(=O)N[C@@H]1CC[C@H]1C(F)(F)F. The van der Waals surface area contributed by atoms with E-state index < -0.39 is 29.8 Å². The number of rotatable bonds is 1. The third kappa shape index (κ3) is 3.57. The van der Waals surface area contributed by atoms with E-state index in [-0.39, 0.29) is 6.42 Å². The smallest absolute Gasteiger partial charge is 0.407 e. The zero-order chi connectivity index (χ0) is 12.6. The number of hydrogen-bond donors (Lipinski definition) is 1. The summed E-state index contributed by atoms with van der Waals surface area (Å²) in [4.78, 5) is 11.2. The van der Waals surface area contributed by atoms with E-state index >= 15 is 0 Å². The van der Waals surface area contributed by atoms with Crippen molar-refractivity contribution in [2.45, 2.75) is 51.4 Å². The molecule has 1 aliphatic carbocycles. The van der Waals surface area contributed by atoms with Gasteiger partial charge in [-0.15, -0.1) is 0 Å². The van der Waals surface area contributed by atoms with E-state index in [4.69, 9.17) is 4.74 Å². The first kappa shape index (κ1) is 13.1. The molecule has 0 radical (unpaired) electrons. The molecule has 94 valence electrons. The molecule has 0 unspecified atom stereocenters. The molecule has 1 amide bonds. The van der Waals surface area contributed by atoms with Gasteiger partial charge in [0.25, 0.3) is 0 Å². The Hall–Kier alpha value is -0.940. The predicted molar refractivity (Wildman–Crippen MR) is 51.9 cm³/mol. The highest BCUT2D eigenvalue weighted by Gasteiger charge is 2.50. The van der Waals surface area contributed by atoms with E-state index in [2.05, 4.69) is 5.32 Å². The molecule has 16 heavy (non-hydrogen) atoms. The van der Waals surface area contributed by atoms with Crippen LogP contribution in [-0.4, -0.2) is 23.9 Å². The number of nitrogens with one attached hydrogen (secondary N) is 1. The van der Waals surface area contributed by atoms with Gasteiger partial charge >= 0.3 is 12.3 Å². The molecule has 1 saturated carbocycles. The van der Waals surface area contributed by atoms with Gasteiger partial charge in [-0.05, 0) is 33.6 Å². The minimum Gasteiger partial charge on any atom is -0.444 e. The normalized spacial score (nSPS) is 25.9. The average Bonchev–Trinajstić information content (AvgIpc) is 1.90. The molecule has 0 heterocycles. The summed E-state index contributed by atoms with van der Waals surface area (Å²) in [5.74, 6) is -1.43. The molecule has 6 heteroatoms. The molecule has 0 aromatic heterocycles. The number of alkyl halides is 3. The van der Waals surface area contributed by atoms with Crippen LogP contribution in [0, 0.1) is 5.92 Å². The van der Waals surface area contributed by atoms with Gasteiger partial charge < -0.3 is 10.1 Å². The maximum absolute atomic E-state index is 12.3. The molecule has 0 aliphatic heterocycles. The highest BCUT2D eigenvalue weighted by atomic mass is 19.4. The van der Waals surface area contributed by atoms with Gasteiger partial charge in [-0.2, -0.15) is 13.2 Å². The number of hydrogen-bond acceptors (Lipinski definition) is 2. The summed E-state index contributed by atoms with van der Waals surface area (Å²) in [6.45, 7) is 4.98. The van der Waals surface area contributed by atoms with Crippen LogP contribution in [0.5, 0.6) is 0 Å². The van der Waals surface area contributed by atoms with E-state index in [1.165, 1.54) is 0 Å². The van der Waals surface area contributed by atoms with Crippen LogP contribution in [0.3, 0.4) is 0 Å². The quantitative estimate of drug-likeness (QED) is 0.764. The van der Waals surface area contributed by atoms with Crippen molar-refractivity contribution in [3.8, 4) is 0 Å². The lowest BCUT2D eigenvalue weighted by Gasteiger charge is -2.38. The van der Waals surface area contributed by atoms with E-state index in [9.17, 15) is 18.0 Å². The van der Waals surface area contributed by atoms with Gasteiger partial charge in [0.1, 0.15) is 5.60 Å². The van der Waals surface area contributed by atoms with Gasteiger partial charge in [0, 0.05) is 6.04 Å². The van der Waals surface area contributed by atoms with Crippen LogP contribution in [0.1, 0.15) is 33.6 Å². The molecular weight excluding hydrogens is 223 g/mol. The first-order valence-corrected chi connectivity index (χ1v) is 5.16. The number of ether oxygens (including phenoxy) is 1. The van der Waals surface area contributed by atoms with Crippen LogP contribution in [0.2, 0.25) is 0 Å². The zero-order valence-electron chi connectivity index (χ0n) is 9.52. The summed E-state index contributed by atoms with van der Waals surface area (Å²) in [6.07, 6.45) is -4.60. The van der Waals surface area contributed by atoms with Gasteiger partial charge in [-0.1, -0.05) is 0 Å². The molecule has 0 aromatic rings. The Kier molecular flexibility index (Phi) is 3.40. The van der Waals surface area contributed by atoms with E-state index in [0.717, 1.165) is 0 Å². The lowest BCUT2D eigenvalue weighted by molar-refractivity contribution is -0.202. The molecule has 1 aliphatic rings.